The van der Waals surface area contributed by atoms with Gasteiger partial charge < -0.3 is 13.8 Å². The number of ketones is 1. The van der Waals surface area contributed by atoms with E-state index in [1.165, 1.54) is 7.11 Å². The minimum absolute atomic E-state index is 0.200. The van der Waals surface area contributed by atoms with Crippen molar-refractivity contribution in [2.45, 2.75) is 41.0 Å². The van der Waals surface area contributed by atoms with Crippen molar-refractivity contribution in [1.82, 2.24) is 0 Å². The van der Waals surface area contributed by atoms with Crippen molar-refractivity contribution in [3.05, 3.63) is 21.3 Å². The van der Waals surface area contributed by atoms with Crippen LogP contribution in [0.15, 0.2) is 21.3 Å². The molecule has 0 saturated heterocycles. The summed E-state index contributed by atoms with van der Waals surface area (Å²) < 4.78 is 29.8. The number of methoxy groups -OCH3 is 1. The zero-order valence-corrected chi connectivity index (χ0v) is 19.5. The molecule has 0 aromatic carbocycles. The van der Waals surface area contributed by atoms with Crippen molar-refractivity contribution in [2.24, 2.45) is 11.8 Å². The molecule has 0 rings (SSSR count). The zero-order chi connectivity index (χ0) is 20.3. The van der Waals surface area contributed by atoms with E-state index in [4.69, 9.17) is 13.8 Å². The van der Waals surface area contributed by atoms with E-state index >= 15 is 0 Å². The molecule has 0 aliphatic carbocycles. The number of esters is 1. The van der Waals surface area contributed by atoms with E-state index in [0.29, 0.717) is 12.0 Å². The summed E-state index contributed by atoms with van der Waals surface area (Å²) in [7, 11) is -2.15. The third kappa shape index (κ3) is 8.93. The number of rotatable bonds is 12. The van der Waals surface area contributed by atoms with Crippen LogP contribution in [0.5, 0.6) is 0 Å². The Morgan fingerprint density at radius 2 is 1.69 bits per heavy atom. The first kappa shape index (κ1) is 25.5. The lowest BCUT2D eigenvalue weighted by Gasteiger charge is -2.24. The van der Waals surface area contributed by atoms with Gasteiger partial charge in [0.05, 0.1) is 20.3 Å². The van der Waals surface area contributed by atoms with Crippen LogP contribution in [0.2, 0.25) is 0 Å². The van der Waals surface area contributed by atoms with E-state index in [2.05, 4.69) is 22.6 Å². The van der Waals surface area contributed by atoms with E-state index < -0.39 is 19.5 Å². The Bertz CT molecular complexity index is 574. The first-order valence-corrected chi connectivity index (χ1v) is 11.5. The molecule has 0 spiro atoms. The molecule has 0 heterocycles. The van der Waals surface area contributed by atoms with Crippen LogP contribution in [0.4, 0.5) is 0 Å². The van der Waals surface area contributed by atoms with Crippen LogP contribution in [0.25, 0.3) is 0 Å². The molecular formula is C18H30IO6P. The van der Waals surface area contributed by atoms with Gasteiger partial charge in [0.1, 0.15) is 11.9 Å². The monoisotopic (exact) mass is 500 g/mol. The third-order valence-electron chi connectivity index (χ3n) is 3.80. The Kier molecular flexibility index (Phi) is 12.6. The number of halogens is 1. The number of hydrogen-bond acceptors (Lipinski definition) is 6. The van der Waals surface area contributed by atoms with Gasteiger partial charge in [0, 0.05) is 11.5 Å². The van der Waals surface area contributed by atoms with Crippen molar-refractivity contribution in [2.75, 3.05) is 26.5 Å². The fourth-order valence-electron chi connectivity index (χ4n) is 2.55. The van der Waals surface area contributed by atoms with E-state index in [-0.39, 0.29) is 31.1 Å². The molecule has 2 atom stereocenters. The molecule has 0 aliphatic rings. The summed E-state index contributed by atoms with van der Waals surface area (Å²) in [6, 6.07) is 0. The Morgan fingerprint density at radius 1 is 1.15 bits per heavy atom. The van der Waals surface area contributed by atoms with Gasteiger partial charge in [0.2, 0.25) is 0 Å². The minimum atomic E-state index is -3.46. The van der Waals surface area contributed by atoms with E-state index in [1.807, 2.05) is 17.9 Å². The van der Waals surface area contributed by atoms with Gasteiger partial charge in [-0.05, 0) is 44.1 Å². The van der Waals surface area contributed by atoms with Crippen LogP contribution >= 0.6 is 30.2 Å². The van der Waals surface area contributed by atoms with Gasteiger partial charge in [-0.1, -0.05) is 41.2 Å². The third-order valence-corrected chi connectivity index (χ3v) is 6.86. The van der Waals surface area contributed by atoms with Crippen molar-refractivity contribution < 1.29 is 27.9 Å². The number of hydrogen-bond donors (Lipinski definition) is 0. The fraction of sp³-hybridized carbons (Fsp3) is 0.667. The van der Waals surface area contributed by atoms with Crippen LogP contribution in [0.3, 0.4) is 0 Å². The first-order chi connectivity index (χ1) is 12.1. The van der Waals surface area contributed by atoms with Crippen molar-refractivity contribution in [3.63, 3.8) is 0 Å². The van der Waals surface area contributed by atoms with Gasteiger partial charge >= 0.3 is 13.6 Å². The predicted molar refractivity (Wildman–Crippen MR) is 112 cm³/mol. The standard InChI is InChI=1S/C18H30IO6P/c1-7-24-26(22,25-8-2)12-17(20)16(9-13(3)11-19)14(4)10-15(5)18(21)23-6/h10-11,14,16H,7-9,12H2,1-6H3/b13-11-,15-10+/t14-,16-/m1/s1. The molecule has 8 heteroatoms. The molecule has 6 nitrogen and oxygen atoms in total. The highest BCUT2D eigenvalue weighted by Crippen LogP contribution is 2.49. The molecule has 0 aliphatic heterocycles. The molecule has 0 aromatic rings. The fourth-order valence-corrected chi connectivity index (χ4v) is 4.47. The van der Waals surface area contributed by atoms with Crippen LogP contribution in [-0.4, -0.2) is 38.2 Å². The maximum atomic E-state index is 12.9. The lowest BCUT2D eigenvalue weighted by atomic mass is 9.84. The van der Waals surface area contributed by atoms with Crippen molar-refractivity contribution in [3.8, 4) is 0 Å². The Balaban J connectivity index is 5.56. The number of carbonyl (C=O) groups is 2. The average Bonchev–Trinajstić information content (AvgIpc) is 2.58. The van der Waals surface area contributed by atoms with Gasteiger partial charge in [-0.3, -0.25) is 9.36 Å². The molecule has 0 amide bonds. The highest BCUT2D eigenvalue weighted by molar-refractivity contribution is 14.1. The maximum Gasteiger partial charge on any atom is 0.338 e. The van der Waals surface area contributed by atoms with Gasteiger partial charge in [-0.25, -0.2) is 4.79 Å². The second-order valence-corrected chi connectivity index (χ2v) is 8.71. The topological polar surface area (TPSA) is 78.9 Å². The molecule has 150 valence electrons. The summed E-state index contributed by atoms with van der Waals surface area (Å²) in [5, 5.41) is 0. The number of allylic oxidation sites excluding steroid dienone is 2. The highest BCUT2D eigenvalue weighted by atomic mass is 127. The van der Waals surface area contributed by atoms with Crippen LogP contribution in [-0.2, 0) is 27.9 Å². The number of carbonyl (C=O) groups excluding carboxylic acids is 2. The van der Waals surface area contributed by atoms with Crippen molar-refractivity contribution >= 4 is 41.9 Å². The molecular weight excluding hydrogens is 470 g/mol. The van der Waals surface area contributed by atoms with E-state index in [9.17, 15) is 14.2 Å². The van der Waals surface area contributed by atoms with Gasteiger partial charge in [-0.2, -0.15) is 0 Å². The predicted octanol–water partition coefficient (Wildman–Crippen LogP) is 4.92. The van der Waals surface area contributed by atoms with Crippen LogP contribution < -0.4 is 0 Å². The number of Topliss-reactive ketones (excluding diaryl/α,β-unsaturated/α-hetero) is 1. The zero-order valence-electron chi connectivity index (χ0n) is 16.4. The lowest BCUT2D eigenvalue weighted by molar-refractivity contribution is -0.136. The summed E-state index contributed by atoms with van der Waals surface area (Å²) in [6.07, 6.45) is 1.95. The van der Waals surface area contributed by atoms with E-state index in [0.717, 1.165) is 5.57 Å². The number of ether oxygens (including phenoxy) is 1. The molecule has 0 radical (unpaired) electrons. The molecule has 26 heavy (non-hydrogen) atoms. The molecule has 0 saturated carbocycles. The Morgan fingerprint density at radius 3 is 2.12 bits per heavy atom. The molecule has 0 fully saturated rings. The summed E-state index contributed by atoms with van der Waals surface area (Å²) in [4.78, 5) is 24.6. The molecule has 0 N–H and O–H groups in total. The quantitative estimate of drug-likeness (QED) is 0.164. The lowest BCUT2D eigenvalue weighted by Crippen LogP contribution is -2.25. The average molecular weight is 500 g/mol. The summed E-state index contributed by atoms with van der Waals surface area (Å²) in [6.45, 7) is 9.28. The van der Waals surface area contributed by atoms with Crippen LogP contribution in [0, 0.1) is 11.8 Å². The smallest absolute Gasteiger partial charge is 0.338 e. The molecule has 0 aromatic heterocycles. The molecule has 0 bridgehead atoms. The highest BCUT2D eigenvalue weighted by Gasteiger charge is 2.33. The maximum absolute atomic E-state index is 12.9. The molecule has 0 unspecified atom stereocenters. The van der Waals surface area contributed by atoms with Gasteiger partial charge in [0.25, 0.3) is 0 Å². The van der Waals surface area contributed by atoms with Gasteiger partial charge in [-0.15, -0.1) is 0 Å². The van der Waals surface area contributed by atoms with Gasteiger partial charge in [0.15, 0.2) is 0 Å². The second-order valence-electron chi connectivity index (χ2n) is 6.04. The minimum Gasteiger partial charge on any atom is -0.466 e. The van der Waals surface area contributed by atoms with E-state index in [1.54, 1.807) is 26.8 Å². The van der Waals surface area contributed by atoms with Crippen LogP contribution in [0.1, 0.15) is 41.0 Å². The Hall–Kier alpha value is -0.500. The summed E-state index contributed by atoms with van der Waals surface area (Å²) in [5.41, 5.74) is 1.47. The second kappa shape index (κ2) is 12.8. The first-order valence-electron chi connectivity index (χ1n) is 8.57. The SMILES string of the molecule is CCOP(=O)(CC(=O)[C@H](C/C(C)=C\I)[C@H](C)/C=C(\C)C(=O)OC)OCC. The summed E-state index contributed by atoms with van der Waals surface area (Å²) in [5.74, 6) is -1.30. The van der Waals surface area contributed by atoms with Crippen molar-refractivity contribution in [1.29, 1.82) is 0 Å². The normalized spacial score (nSPS) is 15.5. The summed E-state index contributed by atoms with van der Waals surface area (Å²) >= 11 is 2.12. The Labute approximate surface area is 170 Å². The largest absolute Gasteiger partial charge is 0.466 e.